The molecular formula is C23H23NO6S. The van der Waals surface area contributed by atoms with Crippen LogP contribution >= 0.6 is 11.8 Å². The van der Waals surface area contributed by atoms with Crippen LogP contribution in [0.25, 0.3) is 0 Å². The van der Waals surface area contributed by atoms with Crippen molar-refractivity contribution < 1.29 is 28.9 Å². The zero-order chi connectivity index (χ0) is 21.5. The number of rotatable bonds is 4. The first kappa shape index (κ1) is 20.7. The van der Waals surface area contributed by atoms with Crippen molar-refractivity contribution in [2.45, 2.75) is 43.0 Å². The molecule has 0 spiro atoms. The largest absolute Gasteiger partial charge is 0.388 e. The number of hydrogen-bond donors (Lipinski definition) is 1. The van der Waals surface area contributed by atoms with E-state index in [2.05, 4.69) is 0 Å². The molecule has 3 aliphatic rings. The molecule has 2 aromatic rings. The van der Waals surface area contributed by atoms with Crippen LogP contribution in [0.5, 0.6) is 0 Å². The van der Waals surface area contributed by atoms with Gasteiger partial charge in [0.2, 0.25) is 0 Å². The monoisotopic (exact) mass is 441 g/mol. The summed E-state index contributed by atoms with van der Waals surface area (Å²) in [6, 6.07) is 15.3. The predicted octanol–water partition coefficient (Wildman–Crippen LogP) is 2.60. The Kier molecular flexibility index (Phi) is 5.58. The first-order valence-electron chi connectivity index (χ1n) is 10.3. The molecule has 0 radical (unpaired) electrons. The lowest BCUT2D eigenvalue weighted by molar-refractivity contribution is -0.310. The van der Waals surface area contributed by atoms with E-state index in [-0.39, 0.29) is 6.61 Å². The van der Waals surface area contributed by atoms with Crippen LogP contribution in [0.2, 0.25) is 0 Å². The van der Waals surface area contributed by atoms with Gasteiger partial charge < -0.3 is 19.3 Å². The minimum atomic E-state index is -1.11. The second-order valence-corrected chi connectivity index (χ2v) is 9.06. The smallest absolute Gasteiger partial charge is 0.262 e. The van der Waals surface area contributed by atoms with E-state index in [0.29, 0.717) is 16.9 Å². The van der Waals surface area contributed by atoms with Crippen LogP contribution in [0.4, 0.5) is 0 Å². The summed E-state index contributed by atoms with van der Waals surface area (Å²) in [5, 5.41) is 11.4. The topological polar surface area (TPSA) is 85.3 Å². The van der Waals surface area contributed by atoms with Gasteiger partial charge in [0.25, 0.3) is 11.8 Å². The van der Waals surface area contributed by atoms with Gasteiger partial charge in [0, 0.05) is 5.56 Å². The Balaban J connectivity index is 1.45. The quantitative estimate of drug-likeness (QED) is 0.730. The molecule has 4 unspecified atom stereocenters. The van der Waals surface area contributed by atoms with Crippen molar-refractivity contribution in [3.63, 3.8) is 0 Å². The van der Waals surface area contributed by atoms with E-state index in [4.69, 9.17) is 14.2 Å². The fraction of sp³-hybridized carbons (Fsp3) is 0.391. The number of fused-ring (bicyclic) bond motifs is 2. The van der Waals surface area contributed by atoms with Crippen molar-refractivity contribution in [3.05, 3.63) is 71.3 Å². The zero-order valence-electron chi connectivity index (χ0n) is 16.9. The van der Waals surface area contributed by atoms with E-state index >= 15 is 0 Å². The zero-order valence-corrected chi connectivity index (χ0v) is 17.7. The standard InChI is InChI=1S/C23H23NO6S/c1-2-31-23-17(24-20(26)14-10-6-7-11-15(14)21(24)27)18(25)19-16(29-23)12-28-22(30-19)13-8-4-3-5-9-13/h3-11,16-19,22-23,25H,2,12H2,1H3/t16?,17?,18?,19-,22?,23-/m0/s1. The Bertz CT molecular complexity index is 950. The van der Waals surface area contributed by atoms with Gasteiger partial charge in [0.1, 0.15) is 29.8 Å². The SMILES string of the molecule is CCS[C@@H]1OC2COC(c3ccccc3)O[C@@H]2C(O)C1N1C(=O)c2ccccc2C1=O. The van der Waals surface area contributed by atoms with Gasteiger partial charge in [0.05, 0.1) is 17.7 Å². The van der Waals surface area contributed by atoms with Crippen LogP contribution in [0.15, 0.2) is 54.6 Å². The summed E-state index contributed by atoms with van der Waals surface area (Å²) in [5.41, 5.74) is 0.939. The lowest BCUT2D eigenvalue weighted by atomic mass is 9.95. The number of imide groups is 1. The molecule has 3 heterocycles. The van der Waals surface area contributed by atoms with Crippen LogP contribution in [-0.4, -0.2) is 64.0 Å². The third kappa shape index (κ3) is 3.48. The fourth-order valence-corrected chi connectivity index (χ4v) is 5.44. The summed E-state index contributed by atoms with van der Waals surface area (Å²) in [6.07, 6.45) is -2.99. The molecular weight excluding hydrogens is 418 g/mol. The van der Waals surface area contributed by atoms with E-state index in [1.165, 1.54) is 11.8 Å². The van der Waals surface area contributed by atoms with Gasteiger partial charge in [0.15, 0.2) is 6.29 Å². The average Bonchev–Trinajstić information content (AvgIpc) is 3.05. The molecule has 3 aliphatic heterocycles. The number of aliphatic hydroxyl groups excluding tert-OH is 1. The van der Waals surface area contributed by atoms with Gasteiger partial charge in [-0.05, 0) is 17.9 Å². The van der Waals surface area contributed by atoms with Crippen molar-refractivity contribution in [2.24, 2.45) is 0 Å². The van der Waals surface area contributed by atoms with Crippen molar-refractivity contribution in [3.8, 4) is 0 Å². The molecule has 5 rings (SSSR count). The van der Waals surface area contributed by atoms with Gasteiger partial charge in [-0.2, -0.15) is 0 Å². The van der Waals surface area contributed by atoms with Crippen LogP contribution in [-0.2, 0) is 14.2 Å². The molecule has 6 atom stereocenters. The van der Waals surface area contributed by atoms with Crippen LogP contribution in [0.1, 0.15) is 39.5 Å². The molecule has 1 N–H and O–H groups in total. The van der Waals surface area contributed by atoms with E-state index in [9.17, 15) is 14.7 Å². The minimum Gasteiger partial charge on any atom is -0.388 e. The molecule has 31 heavy (non-hydrogen) atoms. The highest BCUT2D eigenvalue weighted by atomic mass is 32.2. The maximum Gasteiger partial charge on any atom is 0.262 e. The molecule has 7 nitrogen and oxygen atoms in total. The molecule has 0 aliphatic carbocycles. The molecule has 162 valence electrons. The number of benzene rings is 2. The molecule has 2 aromatic carbocycles. The number of aliphatic hydroxyl groups is 1. The van der Waals surface area contributed by atoms with Crippen molar-refractivity contribution in [1.82, 2.24) is 4.90 Å². The molecule has 2 saturated heterocycles. The molecule has 0 bridgehead atoms. The number of hydrogen-bond acceptors (Lipinski definition) is 7. The number of ether oxygens (including phenoxy) is 3. The second-order valence-electron chi connectivity index (χ2n) is 7.68. The van der Waals surface area contributed by atoms with Crippen molar-refractivity contribution >= 4 is 23.6 Å². The number of amides is 2. The fourth-order valence-electron chi connectivity index (χ4n) is 4.41. The Morgan fingerprint density at radius 3 is 2.29 bits per heavy atom. The van der Waals surface area contributed by atoms with E-state index in [1.807, 2.05) is 37.3 Å². The Hall–Kier alpha value is -2.23. The molecule has 0 saturated carbocycles. The first-order chi connectivity index (χ1) is 15.1. The van der Waals surface area contributed by atoms with Gasteiger partial charge in [-0.15, -0.1) is 11.8 Å². The highest BCUT2D eigenvalue weighted by molar-refractivity contribution is 7.99. The van der Waals surface area contributed by atoms with Crippen LogP contribution in [0, 0.1) is 0 Å². The number of carbonyl (C=O) groups is 2. The highest BCUT2D eigenvalue weighted by Crippen LogP contribution is 2.40. The summed E-state index contributed by atoms with van der Waals surface area (Å²) < 4.78 is 18.2. The lowest BCUT2D eigenvalue weighted by Gasteiger charge is -2.49. The summed E-state index contributed by atoms with van der Waals surface area (Å²) in [5.74, 6) is -0.136. The normalized spacial score (nSPS) is 32.6. The lowest BCUT2D eigenvalue weighted by Crippen LogP contribution is -2.66. The van der Waals surface area contributed by atoms with E-state index in [1.54, 1.807) is 24.3 Å². The van der Waals surface area contributed by atoms with E-state index in [0.717, 1.165) is 10.5 Å². The van der Waals surface area contributed by atoms with Crippen LogP contribution in [0.3, 0.4) is 0 Å². The third-order valence-electron chi connectivity index (χ3n) is 5.86. The van der Waals surface area contributed by atoms with Crippen molar-refractivity contribution in [1.29, 1.82) is 0 Å². The number of thioether (sulfide) groups is 1. The van der Waals surface area contributed by atoms with Gasteiger partial charge >= 0.3 is 0 Å². The summed E-state index contributed by atoms with van der Waals surface area (Å²) in [4.78, 5) is 27.4. The number of carbonyl (C=O) groups excluding carboxylic acids is 2. The van der Waals surface area contributed by atoms with Crippen LogP contribution < -0.4 is 0 Å². The Morgan fingerprint density at radius 2 is 1.65 bits per heavy atom. The molecule has 2 amide bonds. The van der Waals surface area contributed by atoms with Gasteiger partial charge in [-0.25, -0.2) is 0 Å². The molecule has 8 heteroatoms. The van der Waals surface area contributed by atoms with Gasteiger partial charge in [-0.3, -0.25) is 14.5 Å². The minimum absolute atomic E-state index is 0.247. The maximum atomic E-state index is 13.1. The second kappa shape index (κ2) is 8.37. The first-order valence-corrected chi connectivity index (χ1v) is 11.4. The average molecular weight is 442 g/mol. The summed E-state index contributed by atoms with van der Waals surface area (Å²) in [7, 11) is 0. The van der Waals surface area contributed by atoms with Gasteiger partial charge in [-0.1, -0.05) is 49.4 Å². The highest BCUT2D eigenvalue weighted by Gasteiger charge is 2.55. The summed E-state index contributed by atoms with van der Waals surface area (Å²) >= 11 is 1.45. The number of nitrogens with zero attached hydrogens (tertiary/aromatic N) is 1. The summed E-state index contributed by atoms with van der Waals surface area (Å²) in [6.45, 7) is 2.21. The molecule has 2 fully saturated rings. The molecule has 0 aromatic heterocycles. The third-order valence-corrected chi connectivity index (χ3v) is 6.91. The predicted molar refractivity (Wildman–Crippen MR) is 114 cm³/mol. The Labute approximate surface area is 184 Å². The Morgan fingerprint density at radius 1 is 1.00 bits per heavy atom. The van der Waals surface area contributed by atoms with Crippen molar-refractivity contribution in [2.75, 3.05) is 12.4 Å². The van der Waals surface area contributed by atoms with E-state index < -0.39 is 47.9 Å². The maximum absolute atomic E-state index is 13.1.